The number of anilines is 1. The van der Waals surface area contributed by atoms with Crippen LogP contribution in [0.5, 0.6) is 5.75 Å². The minimum Gasteiger partial charge on any atom is -0.497 e. The maximum absolute atomic E-state index is 12.4. The van der Waals surface area contributed by atoms with Crippen molar-refractivity contribution in [2.75, 3.05) is 18.2 Å². The first kappa shape index (κ1) is 23.0. The molecule has 170 valence electrons. The molecule has 0 atom stereocenters. The highest BCUT2D eigenvalue weighted by atomic mass is 32.2. The zero-order valence-corrected chi connectivity index (χ0v) is 19.1. The van der Waals surface area contributed by atoms with Crippen LogP contribution in [-0.2, 0) is 4.79 Å². The van der Waals surface area contributed by atoms with Crippen molar-refractivity contribution in [3.8, 4) is 17.2 Å². The van der Waals surface area contributed by atoms with E-state index in [0.29, 0.717) is 22.4 Å². The Morgan fingerprint density at radius 2 is 1.71 bits per heavy atom. The number of nitrogens with zero attached hydrogens (tertiary/aromatic N) is 2. The van der Waals surface area contributed by atoms with Crippen LogP contribution < -0.4 is 10.1 Å². The predicted octanol–water partition coefficient (Wildman–Crippen LogP) is 5.37. The van der Waals surface area contributed by atoms with E-state index >= 15 is 0 Å². The summed E-state index contributed by atoms with van der Waals surface area (Å²) in [7, 11) is 1.61. The molecule has 0 fully saturated rings. The van der Waals surface area contributed by atoms with Crippen molar-refractivity contribution >= 4 is 35.2 Å². The highest BCUT2D eigenvalue weighted by Gasteiger charge is 2.11. The molecule has 0 saturated heterocycles. The Labute approximate surface area is 200 Å². The van der Waals surface area contributed by atoms with Crippen LogP contribution in [0.15, 0.2) is 94.6 Å². The third-order valence-electron chi connectivity index (χ3n) is 4.75. The second kappa shape index (κ2) is 11.1. The Morgan fingerprint density at radius 1 is 0.971 bits per heavy atom. The van der Waals surface area contributed by atoms with Gasteiger partial charge in [-0.1, -0.05) is 48.2 Å². The Bertz CT molecular complexity index is 1280. The quantitative estimate of drug-likeness (QED) is 0.199. The largest absolute Gasteiger partial charge is 0.497 e. The van der Waals surface area contributed by atoms with Crippen LogP contribution in [0, 0.1) is 0 Å². The van der Waals surface area contributed by atoms with Crippen LogP contribution in [0.25, 0.3) is 17.5 Å². The van der Waals surface area contributed by atoms with Crippen LogP contribution in [-0.4, -0.2) is 34.8 Å². The lowest BCUT2D eigenvalue weighted by molar-refractivity contribution is -0.113. The van der Waals surface area contributed by atoms with Gasteiger partial charge in [-0.2, -0.15) is 0 Å². The van der Waals surface area contributed by atoms with E-state index in [1.807, 2.05) is 54.6 Å². The Morgan fingerprint density at radius 3 is 2.41 bits per heavy atom. The normalized spacial score (nSPS) is 10.9. The van der Waals surface area contributed by atoms with E-state index in [2.05, 4.69) is 15.5 Å². The number of ketones is 1. The number of hydrogen-bond donors (Lipinski definition) is 1. The van der Waals surface area contributed by atoms with Crippen LogP contribution in [0.2, 0.25) is 0 Å². The molecule has 1 heterocycles. The van der Waals surface area contributed by atoms with Gasteiger partial charge >= 0.3 is 0 Å². The summed E-state index contributed by atoms with van der Waals surface area (Å²) in [5, 5.41) is 11.1. The SMILES string of the molecule is COc1ccc(/C=C/C(=O)c2ccc(NC(=O)CSc3nnc(-c4ccccc4)o3)cc2)cc1. The van der Waals surface area contributed by atoms with Gasteiger partial charge in [0.1, 0.15) is 5.75 Å². The summed E-state index contributed by atoms with van der Waals surface area (Å²) < 4.78 is 10.7. The van der Waals surface area contributed by atoms with Gasteiger partial charge < -0.3 is 14.5 Å². The third-order valence-corrected chi connectivity index (χ3v) is 5.57. The molecule has 1 aromatic heterocycles. The molecule has 0 unspecified atom stereocenters. The zero-order chi connectivity index (χ0) is 23.8. The molecule has 3 aromatic carbocycles. The molecule has 0 spiro atoms. The highest BCUT2D eigenvalue weighted by molar-refractivity contribution is 7.99. The molecular weight excluding hydrogens is 450 g/mol. The van der Waals surface area contributed by atoms with Crippen LogP contribution in [0.4, 0.5) is 5.69 Å². The minimum absolute atomic E-state index is 0.113. The van der Waals surface area contributed by atoms with E-state index in [4.69, 9.17) is 9.15 Å². The van der Waals surface area contributed by atoms with E-state index in [1.54, 1.807) is 37.5 Å². The number of methoxy groups -OCH3 is 1. The van der Waals surface area contributed by atoms with Gasteiger partial charge in [0.05, 0.1) is 12.9 Å². The summed E-state index contributed by atoms with van der Waals surface area (Å²) in [4.78, 5) is 24.7. The second-order valence-electron chi connectivity index (χ2n) is 7.12. The predicted molar refractivity (Wildman–Crippen MR) is 132 cm³/mol. The van der Waals surface area contributed by atoms with Gasteiger partial charge in [-0.05, 0) is 60.2 Å². The number of hydrogen-bond acceptors (Lipinski definition) is 7. The fraction of sp³-hybridized carbons (Fsp3) is 0.0769. The molecule has 8 heteroatoms. The molecule has 0 aliphatic carbocycles. The summed E-state index contributed by atoms with van der Waals surface area (Å²) in [6, 6.07) is 23.6. The molecule has 0 saturated carbocycles. The van der Waals surface area contributed by atoms with Crippen LogP contribution >= 0.6 is 11.8 Å². The lowest BCUT2D eigenvalue weighted by Crippen LogP contribution is -2.14. The number of aromatic nitrogens is 2. The van der Waals surface area contributed by atoms with Crippen molar-refractivity contribution in [2.45, 2.75) is 5.22 Å². The fourth-order valence-electron chi connectivity index (χ4n) is 2.99. The van der Waals surface area contributed by atoms with Crippen molar-refractivity contribution in [2.24, 2.45) is 0 Å². The minimum atomic E-state index is -0.220. The molecular formula is C26H21N3O4S. The third kappa shape index (κ3) is 6.20. The number of thioether (sulfide) groups is 1. The molecule has 0 aliphatic heterocycles. The first-order valence-corrected chi connectivity index (χ1v) is 11.4. The highest BCUT2D eigenvalue weighted by Crippen LogP contribution is 2.23. The second-order valence-corrected chi connectivity index (χ2v) is 8.05. The average Bonchev–Trinajstić information content (AvgIpc) is 3.36. The molecule has 0 radical (unpaired) electrons. The van der Waals surface area contributed by atoms with E-state index in [1.165, 1.54) is 6.08 Å². The van der Waals surface area contributed by atoms with Crippen molar-refractivity contribution < 1.29 is 18.7 Å². The van der Waals surface area contributed by atoms with Gasteiger partial charge in [0.2, 0.25) is 11.8 Å². The number of amides is 1. The molecule has 34 heavy (non-hydrogen) atoms. The summed E-state index contributed by atoms with van der Waals surface area (Å²) in [6.07, 6.45) is 3.26. The van der Waals surface area contributed by atoms with Crippen molar-refractivity contribution in [3.63, 3.8) is 0 Å². The smallest absolute Gasteiger partial charge is 0.277 e. The number of nitrogens with one attached hydrogen (secondary N) is 1. The number of ether oxygens (including phenoxy) is 1. The summed E-state index contributed by atoms with van der Waals surface area (Å²) in [5.74, 6) is 0.929. The molecule has 4 aromatic rings. The Balaban J connectivity index is 1.27. The maximum atomic E-state index is 12.4. The van der Waals surface area contributed by atoms with Crippen molar-refractivity contribution in [1.82, 2.24) is 10.2 Å². The molecule has 7 nitrogen and oxygen atoms in total. The topological polar surface area (TPSA) is 94.3 Å². The van der Waals surface area contributed by atoms with E-state index in [9.17, 15) is 9.59 Å². The zero-order valence-electron chi connectivity index (χ0n) is 18.3. The van der Waals surface area contributed by atoms with Gasteiger partial charge in [-0.25, -0.2) is 0 Å². The first-order valence-electron chi connectivity index (χ1n) is 10.4. The van der Waals surface area contributed by atoms with Gasteiger partial charge in [-0.3, -0.25) is 9.59 Å². The number of carbonyl (C=O) groups is 2. The number of rotatable bonds is 9. The first-order chi connectivity index (χ1) is 16.6. The van der Waals surface area contributed by atoms with Crippen molar-refractivity contribution in [3.05, 3.63) is 96.1 Å². The van der Waals surface area contributed by atoms with Gasteiger partial charge in [0.25, 0.3) is 5.22 Å². The maximum Gasteiger partial charge on any atom is 0.277 e. The Hall–Kier alpha value is -4.17. The van der Waals surface area contributed by atoms with E-state index < -0.39 is 0 Å². The van der Waals surface area contributed by atoms with Gasteiger partial charge in [0, 0.05) is 16.8 Å². The number of benzene rings is 3. The lowest BCUT2D eigenvalue weighted by Gasteiger charge is -2.05. The van der Waals surface area contributed by atoms with Gasteiger partial charge in [-0.15, -0.1) is 10.2 Å². The molecule has 0 aliphatic rings. The summed E-state index contributed by atoms with van der Waals surface area (Å²) >= 11 is 1.15. The van der Waals surface area contributed by atoms with E-state index in [-0.39, 0.29) is 17.4 Å². The fourth-order valence-corrected chi connectivity index (χ4v) is 3.55. The molecule has 4 rings (SSSR count). The standard InChI is InChI=1S/C26H21N3O4S/c1-32-22-14-7-18(8-15-22)9-16-23(30)19-10-12-21(13-11-19)27-24(31)17-34-26-29-28-25(33-26)20-5-3-2-4-6-20/h2-16H,17H2,1H3,(H,27,31)/b16-9+. The monoisotopic (exact) mass is 471 g/mol. The molecule has 1 N–H and O–H groups in total. The summed E-state index contributed by atoms with van der Waals surface area (Å²) in [6.45, 7) is 0. The number of carbonyl (C=O) groups excluding carboxylic acids is 2. The average molecular weight is 472 g/mol. The molecule has 1 amide bonds. The van der Waals surface area contributed by atoms with Gasteiger partial charge in [0.15, 0.2) is 5.78 Å². The lowest BCUT2D eigenvalue weighted by atomic mass is 10.1. The number of allylic oxidation sites excluding steroid dienone is 1. The Kier molecular flexibility index (Phi) is 7.52. The van der Waals surface area contributed by atoms with Crippen LogP contribution in [0.3, 0.4) is 0 Å². The summed E-state index contributed by atoms with van der Waals surface area (Å²) in [5.41, 5.74) is 2.83. The van der Waals surface area contributed by atoms with Crippen molar-refractivity contribution in [1.29, 1.82) is 0 Å². The van der Waals surface area contributed by atoms with E-state index in [0.717, 1.165) is 28.6 Å². The molecule has 0 bridgehead atoms. The van der Waals surface area contributed by atoms with Crippen LogP contribution in [0.1, 0.15) is 15.9 Å².